The molecular formula is C18H25N3. The summed E-state index contributed by atoms with van der Waals surface area (Å²) in [5.41, 5.74) is 2.37. The summed E-state index contributed by atoms with van der Waals surface area (Å²) < 4.78 is 0. The number of unbranched alkanes of at least 4 members (excludes halogenated alkanes) is 2. The van der Waals surface area contributed by atoms with Crippen LogP contribution in [-0.2, 0) is 0 Å². The minimum atomic E-state index is 1.08. The van der Waals surface area contributed by atoms with Crippen molar-refractivity contribution in [3.8, 4) is 6.07 Å². The molecule has 1 fully saturated rings. The Kier molecular flexibility index (Phi) is 6.30. The number of nitrogens with zero attached hydrogens (tertiary/aromatic N) is 3. The molecule has 112 valence electrons. The first kappa shape index (κ1) is 15.6. The van der Waals surface area contributed by atoms with E-state index in [4.69, 9.17) is 5.26 Å². The predicted molar refractivity (Wildman–Crippen MR) is 89.3 cm³/mol. The van der Waals surface area contributed by atoms with Gasteiger partial charge < -0.3 is 4.90 Å². The molecule has 2 rings (SSSR count). The molecule has 1 aromatic carbocycles. The summed E-state index contributed by atoms with van der Waals surface area (Å²) >= 11 is 0. The smallest absolute Gasteiger partial charge is 0.0912 e. The summed E-state index contributed by atoms with van der Waals surface area (Å²) in [5, 5.41) is 8.54. The van der Waals surface area contributed by atoms with Gasteiger partial charge in [-0.05, 0) is 36.7 Å². The first-order valence-corrected chi connectivity index (χ1v) is 7.97. The van der Waals surface area contributed by atoms with Crippen LogP contribution in [0.15, 0.2) is 30.3 Å². The van der Waals surface area contributed by atoms with Gasteiger partial charge in [0, 0.05) is 37.9 Å². The standard InChI is InChI=1S/C18H25N3/c1-2-3-4-12-20-13-15-21(16-14-20)18-9-7-17(8-10-18)6-5-11-19/h5-10H,2-4,12-16H2,1H3/b6-5+. The zero-order valence-corrected chi connectivity index (χ0v) is 13.0. The molecule has 0 N–H and O–H groups in total. The molecule has 0 saturated carbocycles. The number of piperazine rings is 1. The van der Waals surface area contributed by atoms with Gasteiger partial charge in [-0.15, -0.1) is 0 Å². The quantitative estimate of drug-likeness (QED) is 0.591. The average molecular weight is 283 g/mol. The summed E-state index contributed by atoms with van der Waals surface area (Å²) in [6, 6.07) is 10.5. The number of rotatable bonds is 6. The van der Waals surface area contributed by atoms with E-state index in [1.54, 1.807) is 0 Å². The summed E-state index contributed by atoms with van der Waals surface area (Å²) in [6.07, 6.45) is 7.33. The molecule has 1 saturated heterocycles. The van der Waals surface area contributed by atoms with Gasteiger partial charge >= 0.3 is 0 Å². The van der Waals surface area contributed by atoms with Gasteiger partial charge in [-0.3, -0.25) is 4.90 Å². The van der Waals surface area contributed by atoms with Crippen LogP contribution in [0.25, 0.3) is 6.08 Å². The third-order valence-corrected chi connectivity index (χ3v) is 4.06. The Labute approximate surface area is 128 Å². The summed E-state index contributed by atoms with van der Waals surface area (Å²) in [6.45, 7) is 8.06. The fourth-order valence-electron chi connectivity index (χ4n) is 2.74. The van der Waals surface area contributed by atoms with E-state index >= 15 is 0 Å². The lowest BCUT2D eigenvalue weighted by Gasteiger charge is -2.36. The highest BCUT2D eigenvalue weighted by molar-refractivity contribution is 5.57. The molecule has 1 aliphatic heterocycles. The van der Waals surface area contributed by atoms with Crippen molar-refractivity contribution in [3.05, 3.63) is 35.9 Å². The lowest BCUT2D eigenvalue weighted by molar-refractivity contribution is 0.252. The Morgan fingerprint density at radius 2 is 1.81 bits per heavy atom. The van der Waals surface area contributed by atoms with Gasteiger partial charge in [0.25, 0.3) is 0 Å². The van der Waals surface area contributed by atoms with Gasteiger partial charge in [0.05, 0.1) is 6.07 Å². The van der Waals surface area contributed by atoms with E-state index in [0.29, 0.717) is 0 Å². The van der Waals surface area contributed by atoms with Crippen molar-refractivity contribution >= 4 is 11.8 Å². The van der Waals surface area contributed by atoms with E-state index in [9.17, 15) is 0 Å². The molecular weight excluding hydrogens is 258 g/mol. The van der Waals surface area contributed by atoms with Crippen molar-refractivity contribution in [1.29, 1.82) is 5.26 Å². The van der Waals surface area contributed by atoms with Crippen LogP contribution in [0.3, 0.4) is 0 Å². The van der Waals surface area contributed by atoms with E-state index < -0.39 is 0 Å². The van der Waals surface area contributed by atoms with Gasteiger partial charge in [-0.25, -0.2) is 0 Å². The Balaban J connectivity index is 1.82. The van der Waals surface area contributed by atoms with Crippen LogP contribution in [0, 0.1) is 11.3 Å². The van der Waals surface area contributed by atoms with Gasteiger partial charge in [0.2, 0.25) is 0 Å². The Bertz CT molecular complexity index is 476. The highest BCUT2D eigenvalue weighted by atomic mass is 15.3. The molecule has 0 spiro atoms. The molecule has 0 atom stereocenters. The molecule has 21 heavy (non-hydrogen) atoms. The normalized spacial score (nSPS) is 16.3. The molecule has 3 nitrogen and oxygen atoms in total. The molecule has 1 heterocycles. The van der Waals surface area contributed by atoms with Crippen LogP contribution < -0.4 is 4.90 Å². The van der Waals surface area contributed by atoms with E-state index in [1.165, 1.54) is 50.7 Å². The Morgan fingerprint density at radius 1 is 1.10 bits per heavy atom. The molecule has 0 bridgehead atoms. The lowest BCUT2D eigenvalue weighted by Crippen LogP contribution is -2.46. The maximum absolute atomic E-state index is 8.54. The molecule has 0 unspecified atom stereocenters. The molecule has 0 aromatic heterocycles. The first-order valence-electron chi connectivity index (χ1n) is 7.97. The van der Waals surface area contributed by atoms with E-state index in [0.717, 1.165) is 18.7 Å². The number of anilines is 1. The molecule has 0 radical (unpaired) electrons. The zero-order chi connectivity index (χ0) is 14.9. The predicted octanol–water partition coefficient (Wildman–Crippen LogP) is 3.54. The fourth-order valence-corrected chi connectivity index (χ4v) is 2.74. The van der Waals surface area contributed by atoms with Crippen LogP contribution in [0.2, 0.25) is 0 Å². The molecule has 3 heteroatoms. The number of hydrogen-bond acceptors (Lipinski definition) is 3. The minimum Gasteiger partial charge on any atom is -0.369 e. The summed E-state index contributed by atoms with van der Waals surface area (Å²) in [4.78, 5) is 5.03. The SMILES string of the molecule is CCCCCN1CCN(c2ccc(/C=C/C#N)cc2)CC1. The number of hydrogen-bond donors (Lipinski definition) is 0. The Morgan fingerprint density at radius 3 is 2.43 bits per heavy atom. The highest BCUT2D eigenvalue weighted by Crippen LogP contribution is 2.18. The third kappa shape index (κ3) is 4.91. The van der Waals surface area contributed by atoms with Crippen molar-refractivity contribution in [2.45, 2.75) is 26.2 Å². The average Bonchev–Trinajstić information content (AvgIpc) is 2.54. The summed E-state index contributed by atoms with van der Waals surface area (Å²) in [7, 11) is 0. The second-order valence-corrected chi connectivity index (χ2v) is 5.59. The second-order valence-electron chi connectivity index (χ2n) is 5.59. The number of benzene rings is 1. The molecule has 0 amide bonds. The zero-order valence-electron chi connectivity index (χ0n) is 13.0. The van der Waals surface area contributed by atoms with Gasteiger partial charge in [0.15, 0.2) is 0 Å². The summed E-state index contributed by atoms with van der Waals surface area (Å²) in [5.74, 6) is 0. The second kappa shape index (κ2) is 8.49. The van der Waals surface area contributed by atoms with Crippen LogP contribution in [0.5, 0.6) is 0 Å². The third-order valence-electron chi connectivity index (χ3n) is 4.06. The lowest BCUT2D eigenvalue weighted by atomic mass is 10.1. The molecule has 0 aliphatic carbocycles. The van der Waals surface area contributed by atoms with E-state index in [2.05, 4.69) is 41.0 Å². The monoisotopic (exact) mass is 283 g/mol. The van der Waals surface area contributed by atoms with Crippen molar-refractivity contribution in [3.63, 3.8) is 0 Å². The number of nitriles is 1. The maximum atomic E-state index is 8.54. The number of allylic oxidation sites excluding steroid dienone is 1. The topological polar surface area (TPSA) is 30.3 Å². The van der Waals surface area contributed by atoms with Gasteiger partial charge in [-0.2, -0.15) is 5.26 Å². The first-order chi connectivity index (χ1) is 10.3. The van der Waals surface area contributed by atoms with Crippen molar-refractivity contribution in [2.75, 3.05) is 37.6 Å². The van der Waals surface area contributed by atoms with Crippen LogP contribution in [0.4, 0.5) is 5.69 Å². The fraction of sp³-hybridized carbons (Fsp3) is 0.500. The maximum Gasteiger partial charge on any atom is 0.0912 e. The van der Waals surface area contributed by atoms with Crippen molar-refractivity contribution in [1.82, 2.24) is 4.90 Å². The highest BCUT2D eigenvalue weighted by Gasteiger charge is 2.16. The van der Waals surface area contributed by atoms with Crippen molar-refractivity contribution in [2.24, 2.45) is 0 Å². The van der Waals surface area contributed by atoms with Crippen molar-refractivity contribution < 1.29 is 0 Å². The van der Waals surface area contributed by atoms with Gasteiger partial charge in [-0.1, -0.05) is 31.9 Å². The van der Waals surface area contributed by atoms with Crippen LogP contribution in [-0.4, -0.2) is 37.6 Å². The van der Waals surface area contributed by atoms with Crippen LogP contribution in [0.1, 0.15) is 31.7 Å². The van der Waals surface area contributed by atoms with Crippen LogP contribution >= 0.6 is 0 Å². The van der Waals surface area contributed by atoms with E-state index in [-0.39, 0.29) is 0 Å². The van der Waals surface area contributed by atoms with E-state index in [1.807, 2.05) is 12.1 Å². The minimum absolute atomic E-state index is 1.08. The molecule has 1 aromatic rings. The largest absolute Gasteiger partial charge is 0.369 e. The Hall–Kier alpha value is -1.79. The van der Waals surface area contributed by atoms with Gasteiger partial charge in [0.1, 0.15) is 0 Å². The molecule has 1 aliphatic rings.